The standard InChI is InChI=1S/C15H24N4O/c1-16-15-10-13(2-4-17-15)11-18-5-3-14(12-18)19-6-8-20-9-7-19/h2,4,10,14H,3,5-9,11-12H2,1H3,(H,16,17). The number of pyridine rings is 1. The molecule has 2 aliphatic heterocycles. The summed E-state index contributed by atoms with van der Waals surface area (Å²) >= 11 is 0. The molecular weight excluding hydrogens is 252 g/mol. The van der Waals surface area contributed by atoms with Crippen LogP contribution in [0.3, 0.4) is 0 Å². The maximum absolute atomic E-state index is 5.44. The number of nitrogens with one attached hydrogen (secondary N) is 1. The summed E-state index contributed by atoms with van der Waals surface area (Å²) in [6.07, 6.45) is 3.17. The third-order valence-corrected chi connectivity index (χ3v) is 4.30. The molecular formula is C15H24N4O. The minimum absolute atomic E-state index is 0.713. The lowest BCUT2D eigenvalue weighted by molar-refractivity contribution is 0.0184. The number of aromatic nitrogens is 1. The predicted octanol–water partition coefficient (Wildman–Crippen LogP) is 1.03. The van der Waals surface area contributed by atoms with E-state index in [1.54, 1.807) is 0 Å². The molecule has 1 atom stereocenters. The zero-order valence-electron chi connectivity index (χ0n) is 12.2. The van der Waals surface area contributed by atoms with Crippen molar-refractivity contribution in [1.82, 2.24) is 14.8 Å². The van der Waals surface area contributed by atoms with Gasteiger partial charge in [0, 0.05) is 52.0 Å². The first-order valence-corrected chi connectivity index (χ1v) is 7.52. The largest absolute Gasteiger partial charge is 0.379 e. The summed E-state index contributed by atoms with van der Waals surface area (Å²) in [7, 11) is 1.91. The van der Waals surface area contributed by atoms with Crippen LogP contribution in [0, 0.1) is 0 Å². The summed E-state index contributed by atoms with van der Waals surface area (Å²) in [6.45, 7) is 7.38. The Morgan fingerprint density at radius 2 is 2.20 bits per heavy atom. The molecule has 0 spiro atoms. The number of hydrogen-bond donors (Lipinski definition) is 1. The van der Waals surface area contributed by atoms with E-state index in [0.29, 0.717) is 6.04 Å². The van der Waals surface area contributed by atoms with Crippen LogP contribution in [0.15, 0.2) is 18.3 Å². The van der Waals surface area contributed by atoms with Crippen LogP contribution in [0.4, 0.5) is 5.82 Å². The van der Waals surface area contributed by atoms with Gasteiger partial charge in [0.05, 0.1) is 13.2 Å². The molecule has 1 N–H and O–H groups in total. The van der Waals surface area contributed by atoms with Crippen LogP contribution in [0.2, 0.25) is 0 Å². The third kappa shape index (κ3) is 3.29. The maximum Gasteiger partial charge on any atom is 0.125 e. The molecule has 1 aromatic rings. The summed E-state index contributed by atoms with van der Waals surface area (Å²) in [6, 6.07) is 4.97. The number of hydrogen-bond acceptors (Lipinski definition) is 5. The quantitative estimate of drug-likeness (QED) is 0.889. The number of rotatable bonds is 4. The number of likely N-dealkylation sites (tertiary alicyclic amines) is 1. The molecule has 20 heavy (non-hydrogen) atoms. The van der Waals surface area contributed by atoms with Gasteiger partial charge < -0.3 is 10.1 Å². The van der Waals surface area contributed by atoms with Crippen LogP contribution in [0.25, 0.3) is 0 Å². The molecule has 3 heterocycles. The zero-order valence-corrected chi connectivity index (χ0v) is 12.2. The van der Waals surface area contributed by atoms with E-state index in [-0.39, 0.29) is 0 Å². The van der Waals surface area contributed by atoms with Gasteiger partial charge in [-0.2, -0.15) is 0 Å². The van der Waals surface area contributed by atoms with Crippen LogP contribution in [0.1, 0.15) is 12.0 Å². The molecule has 0 amide bonds. The first-order valence-electron chi connectivity index (χ1n) is 7.52. The van der Waals surface area contributed by atoms with E-state index in [2.05, 4.69) is 32.2 Å². The molecule has 0 aromatic carbocycles. The van der Waals surface area contributed by atoms with Crippen molar-refractivity contribution in [2.75, 3.05) is 51.8 Å². The first-order chi connectivity index (χ1) is 9.85. The Bertz CT molecular complexity index is 434. The molecule has 1 unspecified atom stereocenters. The van der Waals surface area contributed by atoms with E-state index in [9.17, 15) is 0 Å². The lowest BCUT2D eigenvalue weighted by Gasteiger charge is -2.32. The average molecular weight is 276 g/mol. The van der Waals surface area contributed by atoms with Crippen molar-refractivity contribution in [3.63, 3.8) is 0 Å². The van der Waals surface area contributed by atoms with Crippen LogP contribution < -0.4 is 5.32 Å². The van der Waals surface area contributed by atoms with Gasteiger partial charge in [0.2, 0.25) is 0 Å². The fraction of sp³-hybridized carbons (Fsp3) is 0.667. The molecule has 0 aliphatic carbocycles. The fourth-order valence-corrected chi connectivity index (χ4v) is 3.16. The number of ether oxygens (including phenoxy) is 1. The molecule has 0 radical (unpaired) electrons. The highest BCUT2D eigenvalue weighted by atomic mass is 16.5. The van der Waals surface area contributed by atoms with E-state index in [0.717, 1.165) is 38.7 Å². The topological polar surface area (TPSA) is 40.6 Å². The van der Waals surface area contributed by atoms with Gasteiger partial charge >= 0.3 is 0 Å². The average Bonchev–Trinajstić information content (AvgIpc) is 2.97. The van der Waals surface area contributed by atoms with E-state index in [1.807, 2.05) is 13.2 Å². The summed E-state index contributed by atoms with van der Waals surface area (Å²) in [5.74, 6) is 0.950. The normalized spacial score (nSPS) is 24.9. The smallest absolute Gasteiger partial charge is 0.125 e. The van der Waals surface area contributed by atoms with Crippen molar-refractivity contribution in [1.29, 1.82) is 0 Å². The first kappa shape index (κ1) is 13.8. The molecule has 110 valence electrons. The van der Waals surface area contributed by atoms with Gasteiger partial charge in [-0.3, -0.25) is 9.80 Å². The summed E-state index contributed by atoms with van der Waals surface area (Å²) in [5, 5.41) is 3.10. The van der Waals surface area contributed by atoms with Gasteiger partial charge in [-0.05, 0) is 24.1 Å². The summed E-state index contributed by atoms with van der Waals surface area (Å²) in [5.41, 5.74) is 1.34. The Morgan fingerprint density at radius 1 is 1.35 bits per heavy atom. The third-order valence-electron chi connectivity index (χ3n) is 4.30. The molecule has 1 aromatic heterocycles. The molecule has 0 saturated carbocycles. The highest BCUT2D eigenvalue weighted by molar-refractivity contribution is 5.36. The van der Waals surface area contributed by atoms with E-state index in [4.69, 9.17) is 4.74 Å². The van der Waals surface area contributed by atoms with Crippen molar-refractivity contribution >= 4 is 5.82 Å². The molecule has 2 aliphatic rings. The Kier molecular flexibility index (Phi) is 4.50. The molecule has 2 saturated heterocycles. The summed E-state index contributed by atoms with van der Waals surface area (Å²) < 4.78 is 5.44. The van der Waals surface area contributed by atoms with Crippen LogP contribution >= 0.6 is 0 Å². The van der Waals surface area contributed by atoms with Gasteiger partial charge in [0.1, 0.15) is 5.82 Å². The van der Waals surface area contributed by atoms with Gasteiger partial charge in [-0.1, -0.05) is 0 Å². The number of nitrogens with zero attached hydrogens (tertiary/aromatic N) is 3. The lowest BCUT2D eigenvalue weighted by atomic mass is 10.2. The van der Waals surface area contributed by atoms with E-state index in [1.165, 1.54) is 25.1 Å². The van der Waals surface area contributed by atoms with E-state index < -0.39 is 0 Å². The molecule has 0 bridgehead atoms. The highest BCUT2D eigenvalue weighted by Gasteiger charge is 2.28. The Hall–Kier alpha value is -1.17. The molecule has 2 fully saturated rings. The fourth-order valence-electron chi connectivity index (χ4n) is 3.16. The Morgan fingerprint density at radius 3 is 3.00 bits per heavy atom. The minimum Gasteiger partial charge on any atom is -0.379 e. The van der Waals surface area contributed by atoms with Gasteiger partial charge in [0.15, 0.2) is 0 Å². The predicted molar refractivity (Wildman–Crippen MR) is 79.9 cm³/mol. The lowest BCUT2D eigenvalue weighted by Crippen LogP contribution is -2.44. The highest BCUT2D eigenvalue weighted by Crippen LogP contribution is 2.19. The second-order valence-electron chi connectivity index (χ2n) is 5.63. The Balaban J connectivity index is 1.54. The second kappa shape index (κ2) is 6.52. The minimum atomic E-state index is 0.713. The molecule has 5 heteroatoms. The monoisotopic (exact) mass is 276 g/mol. The molecule has 5 nitrogen and oxygen atoms in total. The van der Waals surface area contributed by atoms with Crippen molar-refractivity contribution in [2.24, 2.45) is 0 Å². The summed E-state index contributed by atoms with van der Waals surface area (Å²) in [4.78, 5) is 9.41. The van der Waals surface area contributed by atoms with Crippen molar-refractivity contribution in [3.8, 4) is 0 Å². The van der Waals surface area contributed by atoms with Crippen LogP contribution in [-0.4, -0.2) is 67.3 Å². The maximum atomic E-state index is 5.44. The SMILES string of the molecule is CNc1cc(CN2CCC(N3CCOCC3)C2)ccn1. The van der Waals surface area contributed by atoms with Gasteiger partial charge in [-0.25, -0.2) is 4.98 Å². The van der Waals surface area contributed by atoms with Crippen molar-refractivity contribution in [2.45, 2.75) is 19.0 Å². The van der Waals surface area contributed by atoms with Gasteiger partial charge in [0.25, 0.3) is 0 Å². The van der Waals surface area contributed by atoms with Crippen molar-refractivity contribution < 1.29 is 4.74 Å². The number of morpholine rings is 1. The molecule has 3 rings (SSSR count). The van der Waals surface area contributed by atoms with Crippen molar-refractivity contribution in [3.05, 3.63) is 23.9 Å². The van der Waals surface area contributed by atoms with E-state index >= 15 is 0 Å². The zero-order chi connectivity index (χ0) is 13.8. The second-order valence-corrected chi connectivity index (χ2v) is 5.63. The van der Waals surface area contributed by atoms with Crippen LogP contribution in [-0.2, 0) is 11.3 Å². The Labute approximate surface area is 120 Å². The van der Waals surface area contributed by atoms with Gasteiger partial charge in [-0.15, -0.1) is 0 Å². The number of anilines is 1. The van der Waals surface area contributed by atoms with Crippen LogP contribution in [0.5, 0.6) is 0 Å².